The molecule has 3 nitrogen and oxygen atoms in total. The normalized spacial score (nSPS) is 26.7. The molecule has 0 aromatic heterocycles. The van der Waals surface area contributed by atoms with Gasteiger partial charge in [-0.15, -0.1) is 0 Å². The minimum absolute atomic E-state index is 0.0615. The molecule has 0 saturated carbocycles. The van der Waals surface area contributed by atoms with Crippen LogP contribution in [0.25, 0.3) is 0 Å². The Balaban J connectivity index is 2.61. The molecule has 3 heteroatoms. The van der Waals surface area contributed by atoms with Crippen molar-refractivity contribution in [2.24, 2.45) is 11.3 Å². The zero-order valence-corrected chi connectivity index (χ0v) is 10.6. The molecule has 90 valence electrons. The van der Waals surface area contributed by atoms with Crippen molar-refractivity contribution in [1.29, 1.82) is 5.26 Å². The largest absolute Gasteiger partial charge is 0.302 e. The summed E-state index contributed by atoms with van der Waals surface area (Å²) in [5.41, 5.74) is -0.289. The SMILES string of the molecule is CC(C)CN1CCCC(C)(C(=O)CC#N)C1. The first-order chi connectivity index (χ1) is 7.48. The molecule has 0 aromatic rings. The van der Waals surface area contributed by atoms with Gasteiger partial charge in [0.1, 0.15) is 0 Å². The molecule has 0 bridgehead atoms. The molecule has 1 aliphatic heterocycles. The highest BCUT2D eigenvalue weighted by molar-refractivity contribution is 5.86. The zero-order valence-electron chi connectivity index (χ0n) is 10.6. The van der Waals surface area contributed by atoms with Gasteiger partial charge in [0.2, 0.25) is 0 Å². The van der Waals surface area contributed by atoms with E-state index in [9.17, 15) is 4.79 Å². The Labute approximate surface area is 98.4 Å². The van der Waals surface area contributed by atoms with E-state index in [0.717, 1.165) is 32.5 Å². The summed E-state index contributed by atoms with van der Waals surface area (Å²) in [4.78, 5) is 14.3. The average molecular weight is 222 g/mol. The topological polar surface area (TPSA) is 44.1 Å². The Hall–Kier alpha value is -0.880. The first-order valence-electron chi connectivity index (χ1n) is 6.10. The number of likely N-dealkylation sites (tertiary alicyclic amines) is 1. The zero-order chi connectivity index (χ0) is 12.2. The molecule has 1 unspecified atom stereocenters. The van der Waals surface area contributed by atoms with Crippen molar-refractivity contribution in [3.05, 3.63) is 0 Å². The van der Waals surface area contributed by atoms with Crippen LogP contribution in [0.4, 0.5) is 0 Å². The van der Waals surface area contributed by atoms with Gasteiger partial charge in [0, 0.05) is 18.5 Å². The smallest absolute Gasteiger partial charge is 0.154 e. The van der Waals surface area contributed by atoms with Crippen molar-refractivity contribution >= 4 is 5.78 Å². The monoisotopic (exact) mass is 222 g/mol. The van der Waals surface area contributed by atoms with Crippen LogP contribution in [0.15, 0.2) is 0 Å². The lowest BCUT2D eigenvalue weighted by Crippen LogP contribution is -2.47. The number of carbonyl (C=O) groups is 1. The number of ketones is 1. The van der Waals surface area contributed by atoms with Crippen LogP contribution >= 0.6 is 0 Å². The Kier molecular flexibility index (Phi) is 4.49. The highest BCUT2D eigenvalue weighted by atomic mass is 16.1. The molecular weight excluding hydrogens is 200 g/mol. The minimum Gasteiger partial charge on any atom is -0.302 e. The van der Waals surface area contributed by atoms with Crippen molar-refractivity contribution in [3.8, 4) is 6.07 Å². The van der Waals surface area contributed by atoms with E-state index in [1.54, 1.807) is 0 Å². The Morgan fingerprint density at radius 2 is 2.25 bits per heavy atom. The third-order valence-electron chi connectivity index (χ3n) is 3.31. The van der Waals surface area contributed by atoms with Crippen LogP contribution in [0, 0.1) is 22.7 Å². The Morgan fingerprint density at radius 3 is 2.81 bits per heavy atom. The number of nitrogens with zero attached hydrogens (tertiary/aromatic N) is 2. The van der Waals surface area contributed by atoms with Crippen LogP contribution in [0.2, 0.25) is 0 Å². The third kappa shape index (κ3) is 3.31. The molecule has 0 N–H and O–H groups in total. The molecule has 0 aromatic carbocycles. The van der Waals surface area contributed by atoms with E-state index < -0.39 is 0 Å². The number of Topliss-reactive ketones (excluding diaryl/α,β-unsaturated/α-hetero) is 1. The molecule has 1 fully saturated rings. The second kappa shape index (κ2) is 5.45. The van der Waals surface area contributed by atoms with E-state index in [1.165, 1.54) is 0 Å². The van der Waals surface area contributed by atoms with Crippen LogP contribution in [-0.4, -0.2) is 30.3 Å². The van der Waals surface area contributed by atoms with Gasteiger partial charge in [-0.25, -0.2) is 0 Å². The molecule has 0 spiro atoms. The lowest BCUT2D eigenvalue weighted by molar-refractivity contribution is -0.130. The maximum Gasteiger partial charge on any atom is 0.154 e. The number of nitriles is 1. The summed E-state index contributed by atoms with van der Waals surface area (Å²) in [5.74, 6) is 0.747. The van der Waals surface area contributed by atoms with E-state index in [1.807, 2.05) is 13.0 Å². The summed E-state index contributed by atoms with van der Waals surface area (Å²) in [5, 5.41) is 8.61. The maximum absolute atomic E-state index is 11.9. The molecule has 1 heterocycles. The van der Waals surface area contributed by atoms with E-state index in [-0.39, 0.29) is 17.6 Å². The van der Waals surface area contributed by atoms with E-state index in [4.69, 9.17) is 5.26 Å². The summed E-state index contributed by atoms with van der Waals surface area (Å²) >= 11 is 0. The Morgan fingerprint density at radius 1 is 1.56 bits per heavy atom. The van der Waals surface area contributed by atoms with E-state index in [0.29, 0.717) is 5.92 Å². The first-order valence-corrected chi connectivity index (χ1v) is 6.10. The van der Waals surface area contributed by atoms with Gasteiger partial charge in [0.05, 0.1) is 12.5 Å². The highest BCUT2D eigenvalue weighted by Crippen LogP contribution is 2.31. The van der Waals surface area contributed by atoms with Crippen molar-refractivity contribution in [1.82, 2.24) is 4.90 Å². The number of hydrogen-bond donors (Lipinski definition) is 0. The molecular formula is C13H22N2O. The van der Waals surface area contributed by atoms with Crippen LogP contribution in [0.5, 0.6) is 0 Å². The summed E-state index contributed by atoms with van der Waals surface area (Å²) in [7, 11) is 0. The van der Waals surface area contributed by atoms with E-state index >= 15 is 0 Å². The van der Waals surface area contributed by atoms with Crippen molar-refractivity contribution in [2.45, 2.75) is 40.0 Å². The summed E-state index contributed by atoms with van der Waals surface area (Å²) in [6, 6.07) is 1.98. The minimum atomic E-state index is -0.289. The number of carbonyl (C=O) groups excluding carboxylic acids is 1. The molecule has 1 rings (SSSR count). The highest BCUT2D eigenvalue weighted by Gasteiger charge is 2.37. The quantitative estimate of drug-likeness (QED) is 0.732. The predicted molar refractivity (Wildman–Crippen MR) is 63.9 cm³/mol. The van der Waals surface area contributed by atoms with Gasteiger partial charge in [-0.3, -0.25) is 4.79 Å². The van der Waals surface area contributed by atoms with E-state index in [2.05, 4.69) is 18.7 Å². The van der Waals surface area contributed by atoms with Gasteiger partial charge in [-0.2, -0.15) is 5.26 Å². The lowest BCUT2D eigenvalue weighted by atomic mass is 9.77. The molecule has 16 heavy (non-hydrogen) atoms. The van der Waals surface area contributed by atoms with Crippen LogP contribution in [0.3, 0.4) is 0 Å². The average Bonchev–Trinajstić information content (AvgIpc) is 2.17. The van der Waals surface area contributed by atoms with Gasteiger partial charge in [0.25, 0.3) is 0 Å². The fourth-order valence-electron chi connectivity index (χ4n) is 2.53. The summed E-state index contributed by atoms with van der Waals surface area (Å²) < 4.78 is 0. The van der Waals surface area contributed by atoms with Crippen LogP contribution in [0.1, 0.15) is 40.0 Å². The molecule has 0 aliphatic carbocycles. The van der Waals surface area contributed by atoms with Crippen molar-refractivity contribution in [2.75, 3.05) is 19.6 Å². The predicted octanol–water partition coefficient (Wildman–Crippen LogP) is 2.23. The maximum atomic E-state index is 11.9. The van der Waals surface area contributed by atoms with Crippen LogP contribution < -0.4 is 0 Å². The number of piperidine rings is 1. The third-order valence-corrected chi connectivity index (χ3v) is 3.31. The molecule has 1 atom stereocenters. The van der Waals surface area contributed by atoms with Gasteiger partial charge in [-0.05, 0) is 25.3 Å². The standard InChI is InChI=1S/C13H22N2O/c1-11(2)9-15-8-4-6-13(3,10-15)12(16)5-7-14/h11H,4-6,8-10H2,1-3H3. The fraction of sp³-hybridized carbons (Fsp3) is 0.846. The second-order valence-electron chi connectivity index (χ2n) is 5.55. The number of rotatable bonds is 4. The molecule has 1 saturated heterocycles. The van der Waals surface area contributed by atoms with Gasteiger partial charge < -0.3 is 4.90 Å². The molecule has 1 aliphatic rings. The van der Waals surface area contributed by atoms with Crippen LogP contribution in [-0.2, 0) is 4.79 Å². The first kappa shape index (κ1) is 13.2. The van der Waals surface area contributed by atoms with Gasteiger partial charge in [-0.1, -0.05) is 20.8 Å². The van der Waals surface area contributed by atoms with Gasteiger partial charge in [0.15, 0.2) is 5.78 Å². The Bertz CT molecular complexity index is 293. The summed E-state index contributed by atoms with van der Waals surface area (Å²) in [6.07, 6.45) is 2.06. The van der Waals surface area contributed by atoms with Crippen molar-refractivity contribution < 1.29 is 4.79 Å². The molecule has 0 amide bonds. The van der Waals surface area contributed by atoms with Gasteiger partial charge >= 0.3 is 0 Å². The molecule has 0 radical (unpaired) electrons. The van der Waals surface area contributed by atoms with Crippen molar-refractivity contribution in [3.63, 3.8) is 0 Å². The summed E-state index contributed by atoms with van der Waals surface area (Å²) in [6.45, 7) is 9.37. The lowest BCUT2D eigenvalue weighted by Gasteiger charge is -2.39. The second-order valence-corrected chi connectivity index (χ2v) is 5.55. The number of hydrogen-bond acceptors (Lipinski definition) is 3. The fourth-order valence-corrected chi connectivity index (χ4v) is 2.53.